The maximum absolute atomic E-state index is 14.4. The van der Waals surface area contributed by atoms with E-state index in [4.69, 9.17) is 16.2 Å². The number of hydrogen-bond acceptors (Lipinski definition) is 13. The smallest absolute Gasteiger partial charge is 0.332 e. The van der Waals surface area contributed by atoms with Crippen LogP contribution in [0.3, 0.4) is 0 Å². The van der Waals surface area contributed by atoms with E-state index in [2.05, 4.69) is 31.9 Å². The Hall–Kier alpha value is -7.14. The van der Waals surface area contributed by atoms with Crippen LogP contribution in [-0.4, -0.2) is 146 Å². The second-order valence-electron chi connectivity index (χ2n) is 30.2. The molecule has 6 saturated carbocycles. The van der Waals surface area contributed by atoms with Crippen molar-refractivity contribution >= 4 is 71.0 Å². The molecule has 490 valence electrons. The Labute approximate surface area is 521 Å². The molecule has 0 aromatic heterocycles. The fourth-order valence-electron chi connectivity index (χ4n) is 14.7. The molecule has 24 heteroatoms. The minimum Gasteiger partial charge on any atom is -0.480 e. The van der Waals surface area contributed by atoms with E-state index in [1.807, 2.05) is 78.8 Å². The highest BCUT2D eigenvalue weighted by atomic mass is 16.5. The van der Waals surface area contributed by atoms with E-state index in [0.29, 0.717) is 64.5 Å². The molecule has 1 aromatic rings. The number of nitrogens with two attached hydrogens (primary N) is 2. The topological polar surface area (TPSA) is 365 Å². The molecular weight excluding hydrogens is 1140 g/mol. The maximum Gasteiger partial charge on any atom is 0.332 e. The summed E-state index contributed by atoms with van der Waals surface area (Å²) in [5.41, 5.74) is 6.86. The average molecular weight is 1240 g/mol. The summed E-state index contributed by atoms with van der Waals surface area (Å²) in [7, 11) is 0. The number of carbonyl (C=O) groups is 12. The number of primary amides is 2. The van der Waals surface area contributed by atoms with Crippen LogP contribution in [0.5, 0.6) is 0 Å². The molecule has 8 aliphatic rings. The van der Waals surface area contributed by atoms with Gasteiger partial charge in [0, 0.05) is 13.1 Å². The van der Waals surface area contributed by atoms with Crippen molar-refractivity contribution < 1.29 is 67.4 Å². The summed E-state index contributed by atoms with van der Waals surface area (Å²) in [6.45, 7) is 19.7. The lowest BCUT2D eigenvalue weighted by Gasteiger charge is -2.39. The van der Waals surface area contributed by atoms with E-state index in [1.165, 1.54) is 9.80 Å². The summed E-state index contributed by atoms with van der Waals surface area (Å²) in [5, 5.41) is 26.5. The number of urea groups is 2. The van der Waals surface area contributed by atoms with Gasteiger partial charge in [-0.2, -0.15) is 0 Å². The Morgan fingerprint density at radius 3 is 1.28 bits per heavy atom. The van der Waals surface area contributed by atoms with Crippen molar-refractivity contribution in [2.24, 2.45) is 68.6 Å². The van der Waals surface area contributed by atoms with Gasteiger partial charge >= 0.3 is 24.0 Å². The van der Waals surface area contributed by atoms with Crippen LogP contribution in [0.25, 0.3) is 0 Å². The number of likely N-dealkylation sites (tertiary alicyclic amines) is 2. The highest BCUT2D eigenvalue weighted by molar-refractivity contribution is 6.38. The van der Waals surface area contributed by atoms with Crippen LogP contribution in [0.4, 0.5) is 9.59 Å². The van der Waals surface area contributed by atoms with Gasteiger partial charge in [-0.05, 0) is 101 Å². The van der Waals surface area contributed by atoms with Gasteiger partial charge in [-0.1, -0.05) is 164 Å². The van der Waals surface area contributed by atoms with Crippen molar-refractivity contribution in [2.75, 3.05) is 13.1 Å². The van der Waals surface area contributed by atoms with E-state index in [9.17, 15) is 62.6 Å². The Kier molecular flexibility index (Phi) is 19.8. The number of carboxylic acids is 1. The third-order valence-electron chi connectivity index (χ3n) is 20.7. The van der Waals surface area contributed by atoms with Crippen molar-refractivity contribution in [2.45, 2.75) is 226 Å². The number of benzene rings is 1. The number of piperidine rings is 2. The lowest BCUT2D eigenvalue weighted by atomic mass is 9.81. The number of carboxylic acid groups (broad SMARTS) is 1. The molecule has 2 saturated heterocycles. The molecule has 89 heavy (non-hydrogen) atoms. The summed E-state index contributed by atoms with van der Waals surface area (Å²) in [6, 6.07) is 1.97. The number of amides is 10. The highest BCUT2D eigenvalue weighted by Gasteiger charge is 2.71. The van der Waals surface area contributed by atoms with E-state index >= 15 is 0 Å². The standard InChI is InChI=1S/C36H51N5O7.C29H45N5O7/c1-34(2,3)28(39-33(47)40-36(16-10-7-11-17-36)32(46)48-20-22-12-8-6-9-13-22)31(45)41-19-23-25(35(23,4)5)26(41)30(44)38-24(18-21-14-15-21)27(42)29(37)43;1-27(2,3)21(32-26(41)33-29(25(39)40)11-7-6-8-12-29)24(38)34-14-16-18(28(16,4)5)19(34)23(37)31-17(13-15-9-10-15)20(35)22(30)36/h6,8-9,12-13,21,23-26,28H,7,10-11,14-20H2,1-5H3,(H2,37,43)(H,38,44)(H2,39,40,47);15-19,21H,6-14H2,1-5H3,(H2,30,36)(H,31,37)(H,39,40)(H2,32,33,41)/t23-,24?,25-,26-,28+;16-,17?,18-,19-,21+/m00/s1. The number of nitrogens with zero attached hydrogens (tertiary/aromatic N) is 2. The zero-order chi connectivity index (χ0) is 65.5. The lowest BCUT2D eigenvalue weighted by Crippen LogP contribution is -2.64. The van der Waals surface area contributed by atoms with Crippen LogP contribution < -0.4 is 43.4 Å². The van der Waals surface area contributed by atoms with Gasteiger partial charge in [-0.15, -0.1) is 0 Å². The highest BCUT2D eigenvalue weighted by Crippen LogP contribution is 2.66. The number of esters is 1. The summed E-state index contributed by atoms with van der Waals surface area (Å²) in [6.07, 6.45) is 10.4. The molecule has 0 spiro atoms. The number of ketones is 2. The lowest BCUT2D eigenvalue weighted by molar-refractivity contribution is -0.154. The van der Waals surface area contributed by atoms with Crippen molar-refractivity contribution in [1.29, 1.82) is 0 Å². The minimum atomic E-state index is -1.39. The Morgan fingerprint density at radius 2 is 0.933 bits per heavy atom. The molecule has 0 bridgehead atoms. The second-order valence-corrected chi connectivity index (χ2v) is 30.2. The number of carbonyl (C=O) groups excluding carboxylic acids is 11. The molecule has 2 aliphatic heterocycles. The predicted octanol–water partition coefficient (Wildman–Crippen LogP) is 4.28. The summed E-state index contributed by atoms with van der Waals surface area (Å²) >= 11 is 0. The first-order valence-electron chi connectivity index (χ1n) is 32.1. The maximum atomic E-state index is 14.4. The van der Waals surface area contributed by atoms with Crippen LogP contribution in [0, 0.1) is 57.2 Å². The number of hydrogen-bond donors (Lipinski definition) is 9. The molecular formula is C65H96N10O14. The first kappa shape index (κ1) is 67.8. The SMILES string of the molecule is CC(C)(C)[C@H](NC(=O)NC1(C(=O)O)CCCCC1)C(=O)N1C[C@H]2[C@@H]([C@H]1C(=O)NC(CC1CC1)C(=O)C(N)=O)C2(C)C.CC(C)(C)[C@H](NC(=O)NC1(C(=O)OCc2ccccc2)CCCCC1)C(=O)N1C[C@H]2[C@@H]([C@H]1C(=O)NC(CC1CC1)C(=O)C(N)=O)C2(C)C. The third-order valence-corrected chi connectivity index (χ3v) is 20.7. The first-order chi connectivity index (χ1) is 41.5. The van der Waals surface area contributed by atoms with Gasteiger partial charge in [0.15, 0.2) is 0 Å². The minimum absolute atomic E-state index is 0.0582. The summed E-state index contributed by atoms with van der Waals surface area (Å²) in [5.74, 6) is -7.12. The van der Waals surface area contributed by atoms with Crippen LogP contribution in [0.15, 0.2) is 30.3 Å². The van der Waals surface area contributed by atoms with Gasteiger partial charge in [-0.25, -0.2) is 19.2 Å². The zero-order valence-corrected chi connectivity index (χ0v) is 53.6. The largest absolute Gasteiger partial charge is 0.480 e. The van der Waals surface area contributed by atoms with E-state index in [0.717, 1.165) is 56.9 Å². The fraction of sp³-hybridized carbons (Fsp3) is 0.723. The van der Waals surface area contributed by atoms with Gasteiger partial charge < -0.3 is 63.0 Å². The molecule has 10 amide bonds. The number of fused-ring (bicyclic) bond motifs is 2. The van der Waals surface area contributed by atoms with Crippen molar-refractivity contribution in [3.63, 3.8) is 0 Å². The van der Waals surface area contributed by atoms with Gasteiger partial charge in [0.05, 0.1) is 12.1 Å². The number of rotatable bonds is 22. The van der Waals surface area contributed by atoms with Gasteiger partial charge in [0.2, 0.25) is 35.2 Å². The molecule has 11 N–H and O–H groups in total. The number of ether oxygens (including phenoxy) is 1. The van der Waals surface area contributed by atoms with Crippen LogP contribution >= 0.6 is 0 Å². The Bertz CT molecular complexity index is 2930. The number of nitrogens with one attached hydrogen (secondary N) is 6. The normalized spacial score (nSPS) is 26.2. The van der Waals surface area contributed by atoms with E-state index < -0.39 is 129 Å². The van der Waals surface area contributed by atoms with Gasteiger partial charge in [-0.3, -0.25) is 38.4 Å². The predicted molar refractivity (Wildman–Crippen MR) is 325 cm³/mol. The number of Topliss-reactive ketones (excluding diaryl/α,β-unsaturated/α-hetero) is 2. The molecule has 9 rings (SSSR count). The molecule has 6 aliphatic carbocycles. The van der Waals surface area contributed by atoms with Gasteiger partial charge in [0.1, 0.15) is 41.9 Å². The van der Waals surface area contributed by atoms with E-state index in [-0.39, 0.29) is 52.9 Å². The zero-order valence-electron chi connectivity index (χ0n) is 53.6. The molecule has 24 nitrogen and oxygen atoms in total. The quantitative estimate of drug-likeness (QED) is 0.0578. The molecule has 2 heterocycles. The Morgan fingerprint density at radius 1 is 0.562 bits per heavy atom. The summed E-state index contributed by atoms with van der Waals surface area (Å²) < 4.78 is 5.69. The fourth-order valence-corrected chi connectivity index (χ4v) is 14.7. The van der Waals surface area contributed by atoms with Crippen LogP contribution in [0.2, 0.25) is 0 Å². The Balaban J connectivity index is 0.000000233. The van der Waals surface area contributed by atoms with Crippen LogP contribution in [-0.2, 0) is 59.3 Å². The van der Waals surface area contributed by atoms with E-state index in [1.54, 1.807) is 20.8 Å². The molecule has 0 radical (unpaired) electrons. The average Bonchev–Trinajstić information content (AvgIpc) is 1.54. The summed E-state index contributed by atoms with van der Waals surface area (Å²) in [4.78, 5) is 160. The first-order valence-corrected chi connectivity index (χ1v) is 32.1. The third kappa shape index (κ3) is 15.2. The van der Waals surface area contributed by atoms with Crippen molar-refractivity contribution in [3.05, 3.63) is 35.9 Å². The molecule has 2 unspecified atom stereocenters. The molecule has 1 aromatic carbocycles. The van der Waals surface area contributed by atoms with Crippen molar-refractivity contribution in [3.8, 4) is 0 Å². The van der Waals surface area contributed by atoms with Gasteiger partial charge in [0.25, 0.3) is 11.8 Å². The molecule has 8 fully saturated rings. The monoisotopic (exact) mass is 1240 g/mol. The number of aliphatic carboxylic acids is 1. The van der Waals surface area contributed by atoms with Crippen LogP contribution in [0.1, 0.15) is 178 Å². The van der Waals surface area contributed by atoms with Crippen molar-refractivity contribution in [1.82, 2.24) is 41.7 Å². The molecule has 10 atom stereocenters. The second kappa shape index (κ2) is 26.0.